The molecule has 0 fully saturated rings. The zero-order valence-corrected chi connectivity index (χ0v) is 16.8. The van der Waals surface area contributed by atoms with Gasteiger partial charge in [-0.3, -0.25) is 9.59 Å². The summed E-state index contributed by atoms with van der Waals surface area (Å²) in [5.74, 6) is -0.719. The van der Waals surface area contributed by atoms with Gasteiger partial charge < -0.3 is 10.0 Å². The number of fused-ring (bicyclic) bond motifs is 1. The van der Waals surface area contributed by atoms with E-state index in [0.717, 1.165) is 22.9 Å². The number of amides is 1. The summed E-state index contributed by atoms with van der Waals surface area (Å²) in [5, 5.41) is 11.2. The summed E-state index contributed by atoms with van der Waals surface area (Å²) >= 11 is 3.40. The lowest BCUT2D eigenvalue weighted by molar-refractivity contribution is -0.140. The fourth-order valence-corrected chi connectivity index (χ4v) is 3.66. The van der Waals surface area contributed by atoms with Crippen LogP contribution in [0.15, 0.2) is 59.1 Å². The lowest BCUT2D eigenvalue weighted by Gasteiger charge is -2.22. The number of benzene rings is 2. The number of nitrogens with zero attached hydrogens (tertiary/aromatic N) is 1. The summed E-state index contributed by atoms with van der Waals surface area (Å²) in [4.78, 5) is 27.1. The molecule has 5 heteroatoms. The van der Waals surface area contributed by atoms with Crippen molar-refractivity contribution < 1.29 is 14.7 Å². The number of ketones is 1. The summed E-state index contributed by atoms with van der Waals surface area (Å²) in [5.41, 5.74) is 0.229. The van der Waals surface area contributed by atoms with Crippen molar-refractivity contribution in [3.05, 3.63) is 70.2 Å². The van der Waals surface area contributed by atoms with E-state index in [0.29, 0.717) is 17.8 Å². The maximum Gasteiger partial charge on any atom is 0.264 e. The van der Waals surface area contributed by atoms with E-state index in [9.17, 15) is 14.7 Å². The van der Waals surface area contributed by atoms with Crippen molar-refractivity contribution >= 4 is 39.4 Å². The van der Waals surface area contributed by atoms with Gasteiger partial charge in [0, 0.05) is 16.6 Å². The number of carbonyl (C=O) groups excluding carboxylic acids is 2. The molecule has 0 aliphatic carbocycles. The van der Waals surface area contributed by atoms with Crippen LogP contribution >= 0.6 is 15.9 Å². The molecule has 0 radical (unpaired) electrons. The first-order chi connectivity index (χ1) is 13.0. The van der Waals surface area contributed by atoms with Gasteiger partial charge >= 0.3 is 0 Å². The summed E-state index contributed by atoms with van der Waals surface area (Å²) in [6.07, 6.45) is 4.61. The average Bonchev–Trinajstić information content (AvgIpc) is 2.86. The molecule has 140 valence electrons. The van der Waals surface area contributed by atoms with Crippen LogP contribution in [0.1, 0.15) is 37.3 Å². The second kappa shape index (κ2) is 8.19. The highest BCUT2D eigenvalue weighted by atomic mass is 79.9. The average molecular weight is 428 g/mol. The number of allylic oxidation sites excluding steroid dienone is 1. The molecule has 0 aromatic heterocycles. The maximum absolute atomic E-state index is 13.0. The number of hydrogen-bond donors (Lipinski definition) is 1. The number of aliphatic hydroxyl groups is 1. The van der Waals surface area contributed by atoms with Crippen LogP contribution in [0, 0.1) is 0 Å². The second-order valence-corrected chi connectivity index (χ2v) is 7.63. The fraction of sp³-hybridized carbons (Fsp3) is 0.273. The molecule has 27 heavy (non-hydrogen) atoms. The lowest BCUT2D eigenvalue weighted by Crippen LogP contribution is -2.42. The highest BCUT2D eigenvalue weighted by Gasteiger charge is 2.50. The quantitative estimate of drug-likeness (QED) is 0.663. The number of halogens is 1. The zero-order chi connectivity index (χ0) is 19.4. The van der Waals surface area contributed by atoms with E-state index in [4.69, 9.17) is 0 Å². The van der Waals surface area contributed by atoms with Crippen LogP contribution < -0.4 is 4.90 Å². The lowest BCUT2D eigenvalue weighted by atomic mass is 9.89. The molecule has 3 rings (SSSR count). The summed E-state index contributed by atoms with van der Waals surface area (Å²) in [6, 6.07) is 14.8. The van der Waals surface area contributed by atoms with Crippen LogP contribution in [0.25, 0.3) is 6.08 Å². The molecule has 0 saturated heterocycles. The van der Waals surface area contributed by atoms with Crippen molar-refractivity contribution in [3.8, 4) is 0 Å². The van der Waals surface area contributed by atoms with Crippen molar-refractivity contribution in [1.29, 1.82) is 0 Å². The highest BCUT2D eigenvalue weighted by molar-refractivity contribution is 9.10. The molecule has 4 nitrogen and oxygen atoms in total. The van der Waals surface area contributed by atoms with Crippen LogP contribution in [0.3, 0.4) is 0 Å². The van der Waals surface area contributed by atoms with Gasteiger partial charge in [-0.1, -0.05) is 65.7 Å². The third kappa shape index (κ3) is 4.04. The molecule has 0 bridgehead atoms. The monoisotopic (exact) mass is 427 g/mol. The third-order valence-electron chi connectivity index (χ3n) is 4.72. The third-order valence-corrected chi connectivity index (χ3v) is 5.21. The van der Waals surface area contributed by atoms with E-state index in [2.05, 4.69) is 15.9 Å². The van der Waals surface area contributed by atoms with Gasteiger partial charge in [-0.2, -0.15) is 0 Å². The van der Waals surface area contributed by atoms with Gasteiger partial charge in [-0.05, 0) is 36.3 Å². The topological polar surface area (TPSA) is 57.6 Å². The van der Waals surface area contributed by atoms with E-state index < -0.39 is 11.5 Å². The minimum Gasteiger partial charge on any atom is -0.375 e. The van der Waals surface area contributed by atoms with E-state index in [1.165, 1.54) is 6.08 Å². The molecule has 0 spiro atoms. The van der Waals surface area contributed by atoms with E-state index in [1.807, 2.05) is 49.4 Å². The first-order valence-corrected chi connectivity index (χ1v) is 9.85. The van der Waals surface area contributed by atoms with Crippen molar-refractivity contribution in [2.24, 2.45) is 0 Å². The SMILES string of the molecule is CCCCN1C(=O)C(O)(CC(=O)/C=C\c2ccccc2)c2cc(Br)ccc21. The standard InChI is InChI=1S/C22H22BrNO3/c1-2-3-13-24-20-12-10-17(23)14-19(20)22(27,21(24)26)15-18(25)11-9-16-7-5-4-6-8-16/h4-12,14,27H,2-3,13,15H2,1H3/b11-9-. The Morgan fingerprint density at radius 3 is 2.67 bits per heavy atom. The molecule has 1 atom stereocenters. The Morgan fingerprint density at radius 1 is 1.22 bits per heavy atom. The molecule has 1 N–H and O–H groups in total. The Hall–Kier alpha value is -2.24. The predicted octanol–water partition coefficient (Wildman–Crippen LogP) is 4.46. The smallest absolute Gasteiger partial charge is 0.264 e. The number of unbranched alkanes of at least 4 members (excludes halogenated alkanes) is 1. The molecule has 2 aromatic carbocycles. The largest absolute Gasteiger partial charge is 0.375 e. The van der Waals surface area contributed by atoms with Crippen LogP contribution in [0.5, 0.6) is 0 Å². The molecular formula is C22H22BrNO3. The Bertz CT molecular complexity index is 878. The van der Waals surface area contributed by atoms with Crippen LogP contribution in [0.4, 0.5) is 5.69 Å². The van der Waals surface area contributed by atoms with Gasteiger partial charge in [0.05, 0.1) is 12.1 Å². The first-order valence-electron chi connectivity index (χ1n) is 9.06. The van der Waals surface area contributed by atoms with E-state index in [-0.39, 0.29) is 12.2 Å². The first kappa shape index (κ1) is 19.5. The molecule has 1 aliphatic heterocycles. The minimum atomic E-state index is -1.83. The Morgan fingerprint density at radius 2 is 1.96 bits per heavy atom. The van der Waals surface area contributed by atoms with Gasteiger partial charge in [0.25, 0.3) is 5.91 Å². The van der Waals surface area contributed by atoms with Gasteiger partial charge in [-0.15, -0.1) is 0 Å². The summed E-state index contributed by atoms with van der Waals surface area (Å²) < 4.78 is 0.761. The summed E-state index contributed by atoms with van der Waals surface area (Å²) in [7, 11) is 0. The molecule has 1 aliphatic rings. The predicted molar refractivity (Wildman–Crippen MR) is 110 cm³/mol. The highest BCUT2D eigenvalue weighted by Crippen LogP contribution is 2.43. The fourth-order valence-electron chi connectivity index (χ4n) is 3.30. The molecular weight excluding hydrogens is 406 g/mol. The van der Waals surface area contributed by atoms with Gasteiger partial charge in [-0.25, -0.2) is 0 Å². The Balaban J connectivity index is 1.87. The second-order valence-electron chi connectivity index (χ2n) is 6.72. The number of rotatable bonds is 7. The zero-order valence-electron chi connectivity index (χ0n) is 15.2. The van der Waals surface area contributed by atoms with Crippen LogP contribution in [-0.2, 0) is 15.2 Å². The van der Waals surface area contributed by atoms with Crippen molar-refractivity contribution in [1.82, 2.24) is 0 Å². The molecule has 1 heterocycles. The number of carbonyl (C=O) groups is 2. The summed E-state index contributed by atoms with van der Waals surface area (Å²) in [6.45, 7) is 2.58. The molecule has 1 amide bonds. The van der Waals surface area contributed by atoms with Crippen molar-refractivity contribution in [2.45, 2.75) is 31.8 Å². The van der Waals surface area contributed by atoms with Crippen LogP contribution in [-0.4, -0.2) is 23.3 Å². The number of hydrogen-bond acceptors (Lipinski definition) is 3. The normalized spacial score (nSPS) is 18.9. The molecule has 0 saturated carbocycles. The van der Waals surface area contributed by atoms with Gasteiger partial charge in [0.1, 0.15) is 0 Å². The van der Waals surface area contributed by atoms with E-state index >= 15 is 0 Å². The Kier molecular flexibility index (Phi) is 5.92. The molecule has 1 unspecified atom stereocenters. The van der Waals surface area contributed by atoms with Crippen molar-refractivity contribution in [2.75, 3.05) is 11.4 Å². The van der Waals surface area contributed by atoms with Gasteiger partial charge in [0.2, 0.25) is 0 Å². The maximum atomic E-state index is 13.0. The van der Waals surface area contributed by atoms with E-state index in [1.54, 1.807) is 17.0 Å². The Labute approximate surface area is 167 Å². The molecule has 2 aromatic rings. The van der Waals surface area contributed by atoms with Crippen LogP contribution in [0.2, 0.25) is 0 Å². The van der Waals surface area contributed by atoms with Crippen molar-refractivity contribution in [3.63, 3.8) is 0 Å². The minimum absolute atomic E-state index is 0.277. The van der Waals surface area contributed by atoms with Gasteiger partial charge in [0.15, 0.2) is 11.4 Å². The number of anilines is 1.